The van der Waals surface area contributed by atoms with Crippen LogP contribution in [0.2, 0.25) is 0 Å². The third-order valence-corrected chi connectivity index (χ3v) is 3.84. The number of rotatable bonds is 5. The zero-order valence-corrected chi connectivity index (χ0v) is 14.6. The van der Waals surface area contributed by atoms with E-state index in [0.29, 0.717) is 11.3 Å². The van der Waals surface area contributed by atoms with Crippen LogP contribution >= 0.6 is 15.9 Å². The molecule has 0 aliphatic heterocycles. The Bertz CT molecular complexity index is 698. The summed E-state index contributed by atoms with van der Waals surface area (Å²) in [5.74, 6) is -0.895. The fourth-order valence-corrected chi connectivity index (χ4v) is 2.36. The van der Waals surface area contributed by atoms with Gasteiger partial charge >= 0.3 is 5.97 Å². The van der Waals surface area contributed by atoms with Crippen LogP contribution in [-0.4, -0.2) is 18.0 Å². The summed E-state index contributed by atoms with van der Waals surface area (Å²) in [6.07, 6.45) is 0.0573. The lowest BCUT2D eigenvalue weighted by Crippen LogP contribution is -2.30. The summed E-state index contributed by atoms with van der Waals surface area (Å²) in [6, 6.07) is 14.4. The first kappa shape index (κ1) is 17.2. The molecule has 23 heavy (non-hydrogen) atoms. The number of aryl methyl sites for hydroxylation is 1. The molecule has 4 nitrogen and oxygen atoms in total. The van der Waals surface area contributed by atoms with E-state index >= 15 is 0 Å². The number of anilines is 1. The minimum atomic E-state index is -0.882. The first-order valence-electron chi connectivity index (χ1n) is 7.36. The van der Waals surface area contributed by atoms with Gasteiger partial charge in [0.15, 0.2) is 6.10 Å². The number of benzene rings is 2. The van der Waals surface area contributed by atoms with Crippen LogP contribution in [0.25, 0.3) is 0 Å². The van der Waals surface area contributed by atoms with Crippen LogP contribution in [0.15, 0.2) is 53.0 Å². The second-order valence-corrected chi connectivity index (χ2v) is 6.01. The molecule has 1 atom stereocenters. The van der Waals surface area contributed by atoms with Crippen LogP contribution in [-0.2, 0) is 16.0 Å². The highest BCUT2D eigenvalue weighted by Crippen LogP contribution is 2.14. The average Bonchev–Trinajstić information content (AvgIpc) is 2.55. The Morgan fingerprint density at radius 1 is 1.17 bits per heavy atom. The number of carbonyl (C=O) groups excluding carboxylic acids is 2. The third kappa shape index (κ3) is 4.93. The molecule has 1 amide bonds. The van der Waals surface area contributed by atoms with Crippen LogP contribution in [0.5, 0.6) is 0 Å². The number of ether oxygens (including phenoxy) is 1. The molecule has 2 aromatic carbocycles. The van der Waals surface area contributed by atoms with E-state index in [1.54, 1.807) is 25.1 Å². The van der Waals surface area contributed by atoms with Crippen LogP contribution < -0.4 is 5.32 Å². The number of nitrogens with one attached hydrogen (secondary N) is 1. The summed E-state index contributed by atoms with van der Waals surface area (Å²) in [7, 11) is 0. The Labute approximate surface area is 144 Å². The van der Waals surface area contributed by atoms with E-state index in [1.165, 1.54) is 5.56 Å². The molecule has 1 N–H and O–H groups in total. The molecular weight excluding hydrogens is 358 g/mol. The molecule has 0 aliphatic carbocycles. The SMILES string of the molecule is CCc1ccc(NC(=O)C(C)OC(=O)c2cccc(Br)c2)cc1. The van der Waals surface area contributed by atoms with E-state index in [0.717, 1.165) is 10.9 Å². The summed E-state index contributed by atoms with van der Waals surface area (Å²) in [6.45, 7) is 3.61. The molecule has 0 fully saturated rings. The van der Waals surface area contributed by atoms with Crippen molar-refractivity contribution in [3.8, 4) is 0 Å². The molecule has 0 aromatic heterocycles. The van der Waals surface area contributed by atoms with Gasteiger partial charge in [0.2, 0.25) is 0 Å². The Morgan fingerprint density at radius 2 is 1.87 bits per heavy atom. The first-order valence-corrected chi connectivity index (χ1v) is 8.15. The monoisotopic (exact) mass is 375 g/mol. The van der Waals surface area contributed by atoms with Gasteiger partial charge in [0, 0.05) is 10.2 Å². The molecule has 0 saturated heterocycles. The normalized spacial score (nSPS) is 11.6. The van der Waals surface area contributed by atoms with E-state index in [1.807, 2.05) is 30.3 Å². The van der Waals surface area contributed by atoms with Crippen LogP contribution in [0.1, 0.15) is 29.8 Å². The van der Waals surface area contributed by atoms with E-state index in [-0.39, 0.29) is 5.91 Å². The molecule has 0 aliphatic rings. The van der Waals surface area contributed by atoms with Crippen LogP contribution in [0.3, 0.4) is 0 Å². The van der Waals surface area contributed by atoms with Crippen LogP contribution in [0, 0.1) is 0 Å². The molecule has 0 saturated carbocycles. The second kappa shape index (κ2) is 7.92. The van der Waals surface area contributed by atoms with Gasteiger partial charge in [-0.25, -0.2) is 4.79 Å². The number of esters is 1. The van der Waals surface area contributed by atoms with Gasteiger partial charge in [-0.15, -0.1) is 0 Å². The lowest BCUT2D eigenvalue weighted by molar-refractivity contribution is -0.123. The topological polar surface area (TPSA) is 55.4 Å². The van der Waals surface area contributed by atoms with Crippen molar-refractivity contribution in [1.82, 2.24) is 0 Å². The standard InChI is InChI=1S/C18H18BrNO3/c1-3-13-7-9-16(10-8-13)20-17(21)12(2)23-18(22)14-5-4-6-15(19)11-14/h4-12H,3H2,1-2H3,(H,20,21). The highest BCUT2D eigenvalue weighted by Gasteiger charge is 2.19. The summed E-state index contributed by atoms with van der Waals surface area (Å²) >= 11 is 3.29. The van der Waals surface area contributed by atoms with Crippen molar-refractivity contribution < 1.29 is 14.3 Å². The molecule has 0 radical (unpaired) electrons. The largest absolute Gasteiger partial charge is 0.449 e. The summed E-state index contributed by atoms with van der Waals surface area (Å²) in [5.41, 5.74) is 2.26. The van der Waals surface area contributed by atoms with Crippen molar-refractivity contribution in [2.75, 3.05) is 5.32 Å². The van der Waals surface area contributed by atoms with Crippen molar-refractivity contribution in [3.63, 3.8) is 0 Å². The fraction of sp³-hybridized carbons (Fsp3) is 0.222. The zero-order chi connectivity index (χ0) is 16.8. The molecule has 1 unspecified atom stereocenters. The van der Waals surface area contributed by atoms with Crippen molar-refractivity contribution in [1.29, 1.82) is 0 Å². The Morgan fingerprint density at radius 3 is 2.48 bits per heavy atom. The van der Waals surface area contributed by atoms with Crippen LogP contribution in [0.4, 0.5) is 5.69 Å². The Kier molecular flexibility index (Phi) is 5.93. The van der Waals surface area contributed by atoms with Gasteiger partial charge in [-0.05, 0) is 49.2 Å². The van der Waals surface area contributed by atoms with E-state index in [2.05, 4.69) is 28.2 Å². The van der Waals surface area contributed by atoms with Gasteiger partial charge in [0.05, 0.1) is 5.56 Å². The lowest BCUT2D eigenvalue weighted by Gasteiger charge is -2.14. The van der Waals surface area contributed by atoms with Gasteiger partial charge < -0.3 is 10.1 Å². The highest BCUT2D eigenvalue weighted by atomic mass is 79.9. The van der Waals surface area contributed by atoms with Gasteiger partial charge in [-0.2, -0.15) is 0 Å². The van der Waals surface area contributed by atoms with E-state index < -0.39 is 12.1 Å². The van der Waals surface area contributed by atoms with Crippen molar-refractivity contribution >= 4 is 33.5 Å². The van der Waals surface area contributed by atoms with Gasteiger partial charge in [-0.1, -0.05) is 41.1 Å². The molecule has 2 aromatic rings. The average molecular weight is 376 g/mol. The molecule has 120 valence electrons. The first-order chi connectivity index (χ1) is 11.0. The maximum absolute atomic E-state index is 12.1. The molecule has 0 heterocycles. The minimum absolute atomic E-state index is 0.363. The number of hydrogen-bond donors (Lipinski definition) is 1. The quantitative estimate of drug-likeness (QED) is 0.796. The Hall–Kier alpha value is -2.14. The van der Waals surface area contributed by atoms with Crippen molar-refractivity contribution in [2.45, 2.75) is 26.4 Å². The van der Waals surface area contributed by atoms with E-state index in [4.69, 9.17) is 4.74 Å². The van der Waals surface area contributed by atoms with Gasteiger partial charge in [0.25, 0.3) is 5.91 Å². The lowest BCUT2D eigenvalue weighted by atomic mass is 10.1. The fourth-order valence-electron chi connectivity index (χ4n) is 1.97. The molecule has 5 heteroatoms. The van der Waals surface area contributed by atoms with Crippen molar-refractivity contribution in [2.24, 2.45) is 0 Å². The predicted molar refractivity (Wildman–Crippen MR) is 93.5 cm³/mol. The Balaban J connectivity index is 1.95. The number of amides is 1. The summed E-state index contributed by atoms with van der Waals surface area (Å²) in [4.78, 5) is 24.1. The minimum Gasteiger partial charge on any atom is -0.449 e. The smallest absolute Gasteiger partial charge is 0.338 e. The number of halogens is 1. The second-order valence-electron chi connectivity index (χ2n) is 5.10. The molecular formula is C18H18BrNO3. The van der Waals surface area contributed by atoms with Crippen molar-refractivity contribution in [3.05, 3.63) is 64.1 Å². The van der Waals surface area contributed by atoms with E-state index in [9.17, 15) is 9.59 Å². The third-order valence-electron chi connectivity index (χ3n) is 3.34. The summed E-state index contributed by atoms with van der Waals surface area (Å²) < 4.78 is 5.98. The predicted octanol–water partition coefficient (Wildman–Crippen LogP) is 4.20. The maximum atomic E-state index is 12.1. The molecule has 2 rings (SSSR count). The highest BCUT2D eigenvalue weighted by molar-refractivity contribution is 9.10. The van der Waals surface area contributed by atoms with Gasteiger partial charge in [-0.3, -0.25) is 4.79 Å². The molecule has 0 bridgehead atoms. The zero-order valence-electron chi connectivity index (χ0n) is 13.0. The molecule has 0 spiro atoms. The summed E-state index contributed by atoms with van der Waals surface area (Å²) in [5, 5.41) is 2.74. The van der Waals surface area contributed by atoms with Gasteiger partial charge in [0.1, 0.15) is 0 Å². The number of carbonyl (C=O) groups is 2. The maximum Gasteiger partial charge on any atom is 0.338 e. The number of hydrogen-bond acceptors (Lipinski definition) is 3.